The van der Waals surface area contributed by atoms with Crippen LogP contribution in [0.2, 0.25) is 0 Å². The lowest BCUT2D eigenvalue weighted by molar-refractivity contribution is 0.225. The largest absolute Gasteiger partial charge is 0.383 e. The monoisotopic (exact) mass is 272 g/mol. The van der Waals surface area contributed by atoms with E-state index in [-0.39, 0.29) is 5.82 Å². The maximum atomic E-state index is 13.8. The molecule has 0 aliphatic rings. The van der Waals surface area contributed by atoms with Crippen LogP contribution < -0.4 is 0 Å². The van der Waals surface area contributed by atoms with Gasteiger partial charge in [-0.2, -0.15) is 0 Å². The Bertz CT molecular complexity index is 732. The van der Waals surface area contributed by atoms with Crippen LogP contribution in [-0.4, -0.2) is 5.11 Å². The second-order valence-corrected chi connectivity index (χ2v) is 5.85. The molecule has 1 aromatic heterocycles. The third-order valence-corrected chi connectivity index (χ3v) is 4.28. The van der Waals surface area contributed by atoms with E-state index in [4.69, 9.17) is 0 Å². The molecule has 0 saturated heterocycles. The predicted molar refractivity (Wildman–Crippen MR) is 77.0 cm³/mol. The van der Waals surface area contributed by atoms with Crippen molar-refractivity contribution in [3.8, 4) is 0 Å². The first-order chi connectivity index (χ1) is 9.16. The quantitative estimate of drug-likeness (QED) is 0.731. The Balaban J connectivity index is 2.18. The molecule has 1 atom stereocenters. The molecular formula is C16H13FOS. The van der Waals surface area contributed by atoms with Gasteiger partial charge in [-0.05, 0) is 36.1 Å². The van der Waals surface area contributed by atoms with E-state index in [2.05, 4.69) is 0 Å². The molecule has 2 aromatic carbocycles. The molecule has 1 nitrogen and oxygen atoms in total. The van der Waals surface area contributed by atoms with Crippen LogP contribution in [0.1, 0.15) is 21.4 Å². The van der Waals surface area contributed by atoms with Crippen LogP contribution in [0.4, 0.5) is 4.39 Å². The van der Waals surface area contributed by atoms with Gasteiger partial charge in [0.1, 0.15) is 11.9 Å². The van der Waals surface area contributed by atoms with Crippen molar-refractivity contribution in [1.29, 1.82) is 0 Å². The molecule has 19 heavy (non-hydrogen) atoms. The van der Waals surface area contributed by atoms with E-state index in [1.165, 1.54) is 6.07 Å². The lowest BCUT2D eigenvalue weighted by Gasteiger charge is -2.12. The molecule has 0 saturated carbocycles. The first kappa shape index (κ1) is 12.3. The SMILES string of the molecule is Cc1ccc([C@H](O)c2ccc(F)c3ccccc23)s1. The smallest absolute Gasteiger partial charge is 0.131 e. The maximum absolute atomic E-state index is 13.8. The van der Waals surface area contributed by atoms with E-state index in [0.717, 1.165) is 20.7 Å². The van der Waals surface area contributed by atoms with Gasteiger partial charge in [-0.25, -0.2) is 4.39 Å². The van der Waals surface area contributed by atoms with Gasteiger partial charge in [-0.15, -0.1) is 11.3 Å². The van der Waals surface area contributed by atoms with Crippen molar-refractivity contribution >= 4 is 22.1 Å². The molecule has 0 radical (unpaired) electrons. The Kier molecular flexibility index (Phi) is 3.09. The summed E-state index contributed by atoms with van der Waals surface area (Å²) >= 11 is 1.56. The molecule has 0 aliphatic heterocycles. The minimum Gasteiger partial charge on any atom is -0.383 e. The van der Waals surface area contributed by atoms with Crippen molar-refractivity contribution < 1.29 is 9.50 Å². The molecule has 0 aliphatic carbocycles. The number of hydrogen-bond donors (Lipinski definition) is 1. The Morgan fingerprint density at radius 2 is 1.74 bits per heavy atom. The van der Waals surface area contributed by atoms with Crippen LogP contribution in [0.5, 0.6) is 0 Å². The predicted octanol–water partition coefficient (Wildman–Crippen LogP) is 4.43. The van der Waals surface area contributed by atoms with Crippen molar-refractivity contribution in [2.75, 3.05) is 0 Å². The fourth-order valence-electron chi connectivity index (χ4n) is 2.28. The molecule has 0 spiro atoms. The van der Waals surface area contributed by atoms with Crippen LogP contribution in [-0.2, 0) is 0 Å². The summed E-state index contributed by atoms with van der Waals surface area (Å²) in [6.45, 7) is 2.00. The first-order valence-corrected chi connectivity index (χ1v) is 6.90. The number of thiophene rings is 1. The van der Waals surface area contributed by atoms with Gasteiger partial charge >= 0.3 is 0 Å². The van der Waals surface area contributed by atoms with Crippen molar-refractivity contribution in [3.63, 3.8) is 0 Å². The van der Waals surface area contributed by atoms with Crippen LogP contribution in [0.3, 0.4) is 0 Å². The molecule has 1 heterocycles. The van der Waals surface area contributed by atoms with Gasteiger partial charge < -0.3 is 5.11 Å². The van der Waals surface area contributed by atoms with Gasteiger partial charge in [0.2, 0.25) is 0 Å². The Morgan fingerprint density at radius 1 is 1.00 bits per heavy atom. The summed E-state index contributed by atoms with van der Waals surface area (Å²) in [7, 11) is 0. The lowest BCUT2D eigenvalue weighted by Crippen LogP contribution is -1.99. The zero-order valence-electron chi connectivity index (χ0n) is 10.4. The number of benzene rings is 2. The van der Waals surface area contributed by atoms with E-state index in [0.29, 0.717) is 5.39 Å². The fraction of sp³-hybridized carbons (Fsp3) is 0.125. The number of aliphatic hydroxyl groups excluding tert-OH is 1. The second-order valence-electron chi connectivity index (χ2n) is 4.53. The van der Waals surface area contributed by atoms with E-state index < -0.39 is 6.10 Å². The number of hydrogen-bond acceptors (Lipinski definition) is 2. The Morgan fingerprint density at radius 3 is 2.42 bits per heavy atom. The lowest BCUT2D eigenvalue weighted by atomic mass is 9.99. The van der Waals surface area contributed by atoms with Crippen LogP contribution >= 0.6 is 11.3 Å². The van der Waals surface area contributed by atoms with Gasteiger partial charge in [-0.1, -0.05) is 30.3 Å². The van der Waals surface area contributed by atoms with Crippen LogP contribution in [0.25, 0.3) is 10.8 Å². The van der Waals surface area contributed by atoms with Gasteiger partial charge in [0.15, 0.2) is 0 Å². The average molecular weight is 272 g/mol. The van der Waals surface area contributed by atoms with Gasteiger partial charge in [0, 0.05) is 15.1 Å². The third kappa shape index (κ3) is 2.15. The van der Waals surface area contributed by atoms with Gasteiger partial charge in [0.25, 0.3) is 0 Å². The molecule has 0 unspecified atom stereocenters. The molecule has 96 valence electrons. The Labute approximate surface area is 115 Å². The van der Waals surface area contributed by atoms with E-state index in [9.17, 15) is 9.50 Å². The van der Waals surface area contributed by atoms with Crippen molar-refractivity contribution in [2.45, 2.75) is 13.0 Å². The zero-order chi connectivity index (χ0) is 13.4. The highest BCUT2D eigenvalue weighted by atomic mass is 32.1. The summed E-state index contributed by atoms with van der Waals surface area (Å²) in [5.41, 5.74) is 0.749. The molecule has 3 aromatic rings. The number of aliphatic hydroxyl groups is 1. The number of halogens is 1. The minimum absolute atomic E-state index is 0.256. The number of rotatable bonds is 2. The van der Waals surface area contributed by atoms with E-state index in [1.54, 1.807) is 29.5 Å². The molecule has 1 N–H and O–H groups in total. The summed E-state index contributed by atoms with van der Waals surface area (Å²) in [5, 5.41) is 11.8. The number of aryl methyl sites for hydroxylation is 1. The molecule has 0 fully saturated rings. The van der Waals surface area contributed by atoms with Gasteiger partial charge in [-0.3, -0.25) is 0 Å². The molecule has 0 amide bonds. The average Bonchev–Trinajstić information content (AvgIpc) is 2.86. The molecular weight excluding hydrogens is 259 g/mol. The molecule has 0 bridgehead atoms. The number of fused-ring (bicyclic) bond motifs is 1. The highest BCUT2D eigenvalue weighted by Gasteiger charge is 2.16. The normalized spacial score (nSPS) is 12.8. The summed E-state index contributed by atoms with van der Waals surface area (Å²) in [6.07, 6.45) is -0.704. The maximum Gasteiger partial charge on any atom is 0.131 e. The summed E-state index contributed by atoms with van der Waals surface area (Å²) in [6, 6.07) is 14.2. The van der Waals surface area contributed by atoms with E-state index in [1.807, 2.05) is 31.2 Å². The topological polar surface area (TPSA) is 20.2 Å². The zero-order valence-corrected chi connectivity index (χ0v) is 11.2. The molecule has 3 rings (SSSR count). The fourth-order valence-corrected chi connectivity index (χ4v) is 3.16. The van der Waals surface area contributed by atoms with Crippen LogP contribution in [0.15, 0.2) is 48.5 Å². The standard InChI is InChI=1S/C16H13FOS/c1-10-6-9-15(19-10)16(18)13-7-8-14(17)12-5-3-2-4-11(12)13/h2-9,16,18H,1H3/t16-/m1/s1. The van der Waals surface area contributed by atoms with Crippen molar-refractivity contribution in [3.05, 3.63) is 69.7 Å². The second kappa shape index (κ2) is 4.76. The van der Waals surface area contributed by atoms with Crippen molar-refractivity contribution in [2.24, 2.45) is 0 Å². The van der Waals surface area contributed by atoms with Gasteiger partial charge in [0.05, 0.1) is 0 Å². The third-order valence-electron chi connectivity index (χ3n) is 3.23. The summed E-state index contributed by atoms with van der Waals surface area (Å²) < 4.78 is 13.8. The Hall–Kier alpha value is -1.71. The first-order valence-electron chi connectivity index (χ1n) is 6.08. The molecule has 3 heteroatoms. The van der Waals surface area contributed by atoms with Crippen molar-refractivity contribution in [1.82, 2.24) is 0 Å². The highest BCUT2D eigenvalue weighted by molar-refractivity contribution is 7.12. The minimum atomic E-state index is -0.704. The summed E-state index contributed by atoms with van der Waals surface area (Å²) in [5.74, 6) is -0.256. The van der Waals surface area contributed by atoms with E-state index >= 15 is 0 Å². The highest BCUT2D eigenvalue weighted by Crippen LogP contribution is 2.33. The summed E-state index contributed by atoms with van der Waals surface area (Å²) in [4.78, 5) is 2.04. The van der Waals surface area contributed by atoms with Crippen LogP contribution in [0, 0.1) is 12.7 Å².